The minimum atomic E-state index is 0.471. The van der Waals surface area contributed by atoms with Crippen molar-refractivity contribution in [1.29, 1.82) is 0 Å². The van der Waals surface area contributed by atoms with Crippen molar-refractivity contribution in [2.45, 2.75) is 19.6 Å². The Balaban J connectivity index is 1.86. The molecule has 0 spiro atoms. The molecule has 1 aliphatic rings. The Labute approximate surface area is 102 Å². The molecule has 1 fully saturated rings. The lowest BCUT2D eigenvalue weighted by molar-refractivity contribution is 0.177. The van der Waals surface area contributed by atoms with Crippen LogP contribution in [-0.4, -0.2) is 41.6 Å². The van der Waals surface area contributed by atoms with Crippen molar-refractivity contribution in [3.05, 3.63) is 23.8 Å². The maximum absolute atomic E-state index is 5.68. The highest BCUT2D eigenvalue weighted by Gasteiger charge is 2.21. The molecule has 2 heterocycles. The first-order valence-corrected chi connectivity index (χ1v) is 6.03. The van der Waals surface area contributed by atoms with Gasteiger partial charge in [0, 0.05) is 38.2 Å². The molecule has 0 aromatic carbocycles. The first-order chi connectivity index (χ1) is 8.31. The lowest BCUT2D eigenvalue weighted by Crippen LogP contribution is -2.23. The fraction of sp³-hybridized carbons (Fsp3) is 0.667. The lowest BCUT2D eigenvalue weighted by Gasteiger charge is -2.15. The Hall–Kier alpha value is -1.04. The molecule has 94 valence electrons. The van der Waals surface area contributed by atoms with Gasteiger partial charge in [-0.2, -0.15) is 0 Å². The molecule has 2 N–H and O–H groups in total. The third kappa shape index (κ3) is 3.46. The minimum absolute atomic E-state index is 0.471. The number of nitrogens with two attached hydrogens (primary N) is 1. The third-order valence-electron chi connectivity index (χ3n) is 3.14. The molecule has 1 atom stereocenters. The smallest absolute Gasteiger partial charge is 0.153 e. The van der Waals surface area contributed by atoms with E-state index in [2.05, 4.69) is 14.9 Å². The SMILES string of the molecule is COCc1ncc(CN2CCC(CN)C2)cn1. The molecule has 0 bridgehead atoms. The molecule has 0 radical (unpaired) electrons. The average Bonchev–Trinajstić information content (AvgIpc) is 2.80. The zero-order chi connectivity index (χ0) is 12.1. The van der Waals surface area contributed by atoms with E-state index in [1.165, 1.54) is 6.42 Å². The van der Waals surface area contributed by atoms with Gasteiger partial charge in [-0.1, -0.05) is 0 Å². The minimum Gasteiger partial charge on any atom is -0.377 e. The van der Waals surface area contributed by atoms with Crippen molar-refractivity contribution in [3.8, 4) is 0 Å². The van der Waals surface area contributed by atoms with Crippen molar-refractivity contribution in [1.82, 2.24) is 14.9 Å². The van der Waals surface area contributed by atoms with Crippen LogP contribution >= 0.6 is 0 Å². The second-order valence-corrected chi connectivity index (χ2v) is 4.57. The molecule has 0 aliphatic carbocycles. The van der Waals surface area contributed by atoms with Crippen LogP contribution in [0, 0.1) is 5.92 Å². The van der Waals surface area contributed by atoms with Crippen LogP contribution in [-0.2, 0) is 17.9 Å². The van der Waals surface area contributed by atoms with Gasteiger partial charge < -0.3 is 10.5 Å². The topological polar surface area (TPSA) is 64.3 Å². The Morgan fingerprint density at radius 1 is 1.47 bits per heavy atom. The summed E-state index contributed by atoms with van der Waals surface area (Å²) in [6.45, 7) is 4.40. The molecule has 1 aromatic rings. The molecule has 1 saturated heterocycles. The molecule has 17 heavy (non-hydrogen) atoms. The molecule has 1 aromatic heterocycles. The van der Waals surface area contributed by atoms with Crippen LogP contribution in [0.3, 0.4) is 0 Å². The number of methoxy groups -OCH3 is 1. The van der Waals surface area contributed by atoms with E-state index < -0.39 is 0 Å². The highest BCUT2D eigenvalue weighted by atomic mass is 16.5. The summed E-state index contributed by atoms with van der Waals surface area (Å²) in [5, 5.41) is 0. The zero-order valence-electron chi connectivity index (χ0n) is 10.3. The number of aromatic nitrogens is 2. The molecular formula is C12H20N4O. The monoisotopic (exact) mass is 236 g/mol. The molecule has 2 rings (SSSR count). The van der Waals surface area contributed by atoms with E-state index >= 15 is 0 Å². The van der Waals surface area contributed by atoms with E-state index in [4.69, 9.17) is 10.5 Å². The van der Waals surface area contributed by atoms with Crippen LogP contribution in [0.5, 0.6) is 0 Å². The Kier molecular flexibility index (Phi) is 4.42. The van der Waals surface area contributed by atoms with Crippen molar-refractivity contribution in [2.24, 2.45) is 11.7 Å². The van der Waals surface area contributed by atoms with Crippen LogP contribution < -0.4 is 5.73 Å². The van der Waals surface area contributed by atoms with Gasteiger partial charge in [0.1, 0.15) is 6.61 Å². The van der Waals surface area contributed by atoms with Crippen LogP contribution in [0.15, 0.2) is 12.4 Å². The van der Waals surface area contributed by atoms with E-state index in [9.17, 15) is 0 Å². The first kappa shape index (κ1) is 12.4. The van der Waals surface area contributed by atoms with Gasteiger partial charge in [-0.3, -0.25) is 4.90 Å². The molecule has 1 unspecified atom stereocenters. The number of ether oxygens (including phenoxy) is 1. The Morgan fingerprint density at radius 3 is 2.82 bits per heavy atom. The fourth-order valence-corrected chi connectivity index (χ4v) is 2.17. The number of rotatable bonds is 5. The summed E-state index contributed by atoms with van der Waals surface area (Å²) >= 11 is 0. The molecule has 0 amide bonds. The van der Waals surface area contributed by atoms with E-state index in [1.807, 2.05) is 12.4 Å². The van der Waals surface area contributed by atoms with Gasteiger partial charge in [-0.15, -0.1) is 0 Å². The zero-order valence-corrected chi connectivity index (χ0v) is 10.3. The first-order valence-electron chi connectivity index (χ1n) is 6.03. The predicted octanol–water partition coefficient (Wildman–Crippen LogP) is 0.404. The molecular weight excluding hydrogens is 216 g/mol. The Morgan fingerprint density at radius 2 is 2.24 bits per heavy atom. The number of hydrogen-bond donors (Lipinski definition) is 1. The number of hydrogen-bond acceptors (Lipinski definition) is 5. The molecule has 5 heteroatoms. The van der Waals surface area contributed by atoms with Gasteiger partial charge in [-0.05, 0) is 25.4 Å². The van der Waals surface area contributed by atoms with Crippen LogP contribution in [0.25, 0.3) is 0 Å². The highest BCUT2D eigenvalue weighted by Crippen LogP contribution is 2.16. The lowest BCUT2D eigenvalue weighted by atomic mass is 10.1. The predicted molar refractivity (Wildman–Crippen MR) is 65.2 cm³/mol. The van der Waals surface area contributed by atoms with Gasteiger partial charge in [0.05, 0.1) is 0 Å². The van der Waals surface area contributed by atoms with Gasteiger partial charge in [0.15, 0.2) is 5.82 Å². The third-order valence-corrected chi connectivity index (χ3v) is 3.14. The molecule has 5 nitrogen and oxygen atoms in total. The van der Waals surface area contributed by atoms with Crippen molar-refractivity contribution < 1.29 is 4.74 Å². The van der Waals surface area contributed by atoms with E-state index in [1.54, 1.807) is 7.11 Å². The van der Waals surface area contributed by atoms with Gasteiger partial charge >= 0.3 is 0 Å². The molecule has 1 aliphatic heterocycles. The summed E-state index contributed by atoms with van der Waals surface area (Å²) in [5.41, 5.74) is 6.83. The van der Waals surface area contributed by atoms with Crippen LogP contribution in [0.2, 0.25) is 0 Å². The second kappa shape index (κ2) is 6.05. The quantitative estimate of drug-likeness (QED) is 0.802. The summed E-state index contributed by atoms with van der Waals surface area (Å²) in [5.74, 6) is 1.39. The van der Waals surface area contributed by atoms with Gasteiger partial charge in [-0.25, -0.2) is 9.97 Å². The Bertz CT molecular complexity index is 341. The maximum Gasteiger partial charge on any atom is 0.153 e. The highest BCUT2D eigenvalue weighted by molar-refractivity contribution is 5.05. The normalized spacial score (nSPS) is 20.9. The standard InChI is InChI=1S/C12H20N4O/c1-17-9-12-14-5-11(6-15-12)8-16-3-2-10(4-13)7-16/h5-6,10H,2-4,7-9,13H2,1H3. The number of likely N-dealkylation sites (tertiary alicyclic amines) is 1. The largest absolute Gasteiger partial charge is 0.377 e. The summed E-state index contributed by atoms with van der Waals surface area (Å²) in [7, 11) is 1.65. The summed E-state index contributed by atoms with van der Waals surface area (Å²) in [6.07, 6.45) is 4.98. The van der Waals surface area contributed by atoms with Crippen LogP contribution in [0.1, 0.15) is 17.8 Å². The summed E-state index contributed by atoms with van der Waals surface area (Å²) < 4.78 is 4.98. The van der Waals surface area contributed by atoms with Crippen molar-refractivity contribution >= 4 is 0 Å². The van der Waals surface area contributed by atoms with E-state index in [0.29, 0.717) is 12.5 Å². The fourth-order valence-electron chi connectivity index (χ4n) is 2.17. The molecule has 0 saturated carbocycles. The van der Waals surface area contributed by atoms with Gasteiger partial charge in [0.2, 0.25) is 0 Å². The summed E-state index contributed by atoms with van der Waals surface area (Å²) in [4.78, 5) is 10.9. The average molecular weight is 236 g/mol. The van der Waals surface area contributed by atoms with E-state index in [-0.39, 0.29) is 0 Å². The second-order valence-electron chi connectivity index (χ2n) is 4.57. The number of nitrogens with zero attached hydrogens (tertiary/aromatic N) is 3. The van der Waals surface area contributed by atoms with Crippen LogP contribution in [0.4, 0.5) is 0 Å². The maximum atomic E-state index is 5.68. The van der Waals surface area contributed by atoms with E-state index in [0.717, 1.165) is 37.6 Å². The summed E-state index contributed by atoms with van der Waals surface area (Å²) in [6, 6.07) is 0. The van der Waals surface area contributed by atoms with Crippen molar-refractivity contribution in [2.75, 3.05) is 26.7 Å². The van der Waals surface area contributed by atoms with Crippen molar-refractivity contribution in [3.63, 3.8) is 0 Å². The van der Waals surface area contributed by atoms with Gasteiger partial charge in [0.25, 0.3) is 0 Å².